The van der Waals surface area contributed by atoms with E-state index in [9.17, 15) is 9.90 Å². The lowest BCUT2D eigenvalue weighted by molar-refractivity contribution is -0.107. The zero-order valence-corrected chi connectivity index (χ0v) is 13.0. The molecule has 0 aromatic heterocycles. The number of hydrogen-bond acceptors (Lipinski definition) is 3. The molecule has 0 radical (unpaired) electrons. The number of carbonyl (C=O) groups is 1. The molecule has 0 aromatic carbocycles. The summed E-state index contributed by atoms with van der Waals surface area (Å²) in [5, 5.41) is 10.3. The summed E-state index contributed by atoms with van der Waals surface area (Å²) in [5.41, 5.74) is 0.550. The van der Waals surface area contributed by atoms with E-state index in [0.717, 1.165) is 12.8 Å². The standard InChI is InChI=1S/C16H26O2S/c1-4-6-7-8-9-10-12-16(3)14(17)13(11-5-2)15(18)19-16/h5,17H,2,4,6-12H2,1,3H3. The van der Waals surface area contributed by atoms with Gasteiger partial charge in [0.15, 0.2) is 0 Å². The quantitative estimate of drug-likeness (QED) is 0.469. The van der Waals surface area contributed by atoms with Crippen molar-refractivity contribution in [3.05, 3.63) is 24.0 Å². The number of aliphatic hydroxyl groups excluding tert-OH is 1. The third-order valence-electron chi connectivity index (χ3n) is 3.71. The van der Waals surface area contributed by atoms with Crippen LogP contribution in [-0.2, 0) is 4.79 Å². The van der Waals surface area contributed by atoms with Gasteiger partial charge in [-0.05, 0) is 19.8 Å². The predicted octanol–water partition coefficient (Wildman–Crippen LogP) is 5.16. The van der Waals surface area contributed by atoms with E-state index in [2.05, 4.69) is 13.5 Å². The first kappa shape index (κ1) is 16.4. The Morgan fingerprint density at radius 3 is 2.53 bits per heavy atom. The van der Waals surface area contributed by atoms with Crippen molar-refractivity contribution in [3.8, 4) is 0 Å². The molecular formula is C16H26O2S. The number of unbranched alkanes of at least 4 members (excludes halogenated alkanes) is 5. The highest BCUT2D eigenvalue weighted by molar-refractivity contribution is 8.15. The van der Waals surface area contributed by atoms with Crippen LogP contribution in [0.15, 0.2) is 24.0 Å². The number of carbonyl (C=O) groups excluding carboxylic acids is 1. The van der Waals surface area contributed by atoms with Gasteiger partial charge >= 0.3 is 0 Å². The summed E-state index contributed by atoms with van der Waals surface area (Å²) in [5.74, 6) is 0.288. The number of thioether (sulfide) groups is 1. The molecule has 0 aromatic rings. The monoisotopic (exact) mass is 282 g/mol. The summed E-state index contributed by atoms with van der Waals surface area (Å²) < 4.78 is -0.403. The van der Waals surface area contributed by atoms with E-state index in [0.29, 0.717) is 12.0 Å². The van der Waals surface area contributed by atoms with Crippen molar-refractivity contribution in [3.63, 3.8) is 0 Å². The summed E-state index contributed by atoms with van der Waals surface area (Å²) >= 11 is 1.28. The van der Waals surface area contributed by atoms with Crippen molar-refractivity contribution in [2.45, 2.75) is 70.0 Å². The van der Waals surface area contributed by atoms with Crippen LogP contribution in [0, 0.1) is 0 Å². The Hall–Kier alpha value is -0.700. The van der Waals surface area contributed by atoms with Gasteiger partial charge in [-0.25, -0.2) is 0 Å². The van der Waals surface area contributed by atoms with Gasteiger partial charge in [0.05, 0.1) is 4.75 Å². The minimum absolute atomic E-state index is 0.0193. The van der Waals surface area contributed by atoms with Crippen LogP contribution in [0.3, 0.4) is 0 Å². The first-order valence-electron chi connectivity index (χ1n) is 7.32. The molecule has 1 atom stereocenters. The van der Waals surface area contributed by atoms with Crippen LogP contribution in [0.5, 0.6) is 0 Å². The molecule has 0 saturated carbocycles. The van der Waals surface area contributed by atoms with Crippen LogP contribution in [-0.4, -0.2) is 15.0 Å². The molecule has 19 heavy (non-hydrogen) atoms. The lowest BCUT2D eigenvalue weighted by atomic mass is 9.96. The van der Waals surface area contributed by atoms with Gasteiger partial charge in [0, 0.05) is 5.57 Å². The fourth-order valence-electron chi connectivity index (χ4n) is 2.47. The van der Waals surface area contributed by atoms with Crippen molar-refractivity contribution in [2.75, 3.05) is 0 Å². The second-order valence-corrected chi connectivity index (χ2v) is 6.93. The van der Waals surface area contributed by atoms with Crippen LogP contribution in [0.25, 0.3) is 0 Å². The number of aliphatic hydroxyl groups is 1. The van der Waals surface area contributed by atoms with Crippen LogP contribution < -0.4 is 0 Å². The van der Waals surface area contributed by atoms with Gasteiger partial charge < -0.3 is 5.11 Å². The molecule has 0 fully saturated rings. The second-order valence-electron chi connectivity index (χ2n) is 5.46. The van der Waals surface area contributed by atoms with E-state index < -0.39 is 4.75 Å². The molecular weight excluding hydrogens is 256 g/mol. The molecule has 0 saturated heterocycles. The molecule has 1 heterocycles. The first-order valence-corrected chi connectivity index (χ1v) is 8.13. The molecule has 1 unspecified atom stereocenters. The average Bonchev–Trinajstić information content (AvgIpc) is 2.58. The Morgan fingerprint density at radius 2 is 1.89 bits per heavy atom. The SMILES string of the molecule is C=CCC1=C(O)C(C)(CCCCCCCC)SC1=O. The fourth-order valence-corrected chi connectivity index (χ4v) is 3.65. The average molecular weight is 282 g/mol. The molecule has 2 nitrogen and oxygen atoms in total. The van der Waals surface area contributed by atoms with Gasteiger partial charge in [0.25, 0.3) is 0 Å². The maximum absolute atomic E-state index is 11.9. The Morgan fingerprint density at radius 1 is 1.26 bits per heavy atom. The predicted molar refractivity (Wildman–Crippen MR) is 83.5 cm³/mol. The molecule has 108 valence electrons. The van der Waals surface area contributed by atoms with Crippen LogP contribution in [0.1, 0.15) is 65.2 Å². The van der Waals surface area contributed by atoms with E-state index >= 15 is 0 Å². The maximum Gasteiger partial charge on any atom is 0.220 e. The van der Waals surface area contributed by atoms with E-state index in [-0.39, 0.29) is 10.9 Å². The van der Waals surface area contributed by atoms with Crippen molar-refractivity contribution < 1.29 is 9.90 Å². The van der Waals surface area contributed by atoms with E-state index in [1.54, 1.807) is 6.08 Å². The third-order valence-corrected chi connectivity index (χ3v) is 4.99. The summed E-state index contributed by atoms with van der Waals surface area (Å²) in [7, 11) is 0. The normalized spacial score (nSPS) is 23.2. The van der Waals surface area contributed by atoms with Gasteiger partial charge in [0.1, 0.15) is 5.76 Å². The van der Waals surface area contributed by atoms with Gasteiger partial charge in [-0.3, -0.25) is 4.79 Å². The minimum atomic E-state index is -0.403. The van der Waals surface area contributed by atoms with E-state index in [1.807, 2.05) is 6.92 Å². The Labute approximate surface area is 121 Å². The van der Waals surface area contributed by atoms with Crippen LogP contribution >= 0.6 is 11.8 Å². The highest BCUT2D eigenvalue weighted by atomic mass is 32.2. The lowest BCUT2D eigenvalue weighted by Crippen LogP contribution is -2.20. The Kier molecular flexibility index (Phi) is 6.70. The molecule has 1 aliphatic heterocycles. The van der Waals surface area contributed by atoms with Crippen molar-refractivity contribution in [2.24, 2.45) is 0 Å². The largest absolute Gasteiger partial charge is 0.510 e. The maximum atomic E-state index is 11.9. The smallest absolute Gasteiger partial charge is 0.220 e. The molecule has 1 N–H and O–H groups in total. The van der Waals surface area contributed by atoms with Gasteiger partial charge in [-0.15, -0.1) is 6.58 Å². The molecule has 0 amide bonds. The summed E-state index contributed by atoms with van der Waals surface area (Å²) in [4.78, 5) is 11.9. The highest BCUT2D eigenvalue weighted by Gasteiger charge is 2.42. The summed E-state index contributed by atoms with van der Waals surface area (Å²) in [6, 6.07) is 0. The van der Waals surface area contributed by atoms with Gasteiger partial charge in [-0.2, -0.15) is 0 Å². The van der Waals surface area contributed by atoms with Gasteiger partial charge in [-0.1, -0.05) is 63.3 Å². The zero-order valence-electron chi connectivity index (χ0n) is 12.2. The minimum Gasteiger partial charge on any atom is -0.510 e. The number of allylic oxidation sites excluding steroid dienone is 1. The number of rotatable bonds is 9. The third kappa shape index (κ3) is 4.41. The molecule has 0 bridgehead atoms. The topological polar surface area (TPSA) is 37.3 Å². The molecule has 3 heteroatoms. The summed E-state index contributed by atoms with van der Waals surface area (Å²) in [6.45, 7) is 7.83. The van der Waals surface area contributed by atoms with Crippen LogP contribution in [0.2, 0.25) is 0 Å². The van der Waals surface area contributed by atoms with Crippen molar-refractivity contribution in [1.82, 2.24) is 0 Å². The van der Waals surface area contributed by atoms with Crippen LogP contribution in [0.4, 0.5) is 0 Å². The molecule has 1 rings (SSSR count). The molecule has 1 aliphatic rings. The Bertz CT molecular complexity index is 360. The van der Waals surface area contributed by atoms with Crippen molar-refractivity contribution in [1.29, 1.82) is 0 Å². The molecule has 0 aliphatic carbocycles. The first-order chi connectivity index (χ1) is 9.05. The fraction of sp³-hybridized carbons (Fsp3) is 0.688. The summed E-state index contributed by atoms with van der Waals surface area (Å²) in [6.07, 6.45) is 10.4. The Balaban J connectivity index is 2.44. The number of hydrogen-bond donors (Lipinski definition) is 1. The van der Waals surface area contributed by atoms with Crippen molar-refractivity contribution >= 4 is 16.9 Å². The lowest BCUT2D eigenvalue weighted by Gasteiger charge is -2.22. The van der Waals surface area contributed by atoms with E-state index in [1.165, 1.54) is 43.9 Å². The highest BCUT2D eigenvalue weighted by Crippen LogP contribution is 2.46. The van der Waals surface area contributed by atoms with E-state index in [4.69, 9.17) is 0 Å². The molecule has 0 spiro atoms. The zero-order chi connectivity index (χ0) is 14.3. The van der Waals surface area contributed by atoms with Gasteiger partial charge in [0.2, 0.25) is 5.12 Å². The second kappa shape index (κ2) is 7.78.